The highest BCUT2D eigenvalue weighted by Gasteiger charge is 2.25. The van der Waals surface area contributed by atoms with Gasteiger partial charge in [0.05, 0.1) is 0 Å². The molecule has 0 saturated heterocycles. The second-order valence-electron chi connectivity index (χ2n) is 8.57. The van der Waals surface area contributed by atoms with Crippen LogP contribution in [0.3, 0.4) is 0 Å². The van der Waals surface area contributed by atoms with Crippen LogP contribution in [0.2, 0.25) is 5.02 Å². The van der Waals surface area contributed by atoms with E-state index in [1.165, 1.54) is 0 Å². The number of hydrogen-bond acceptors (Lipinski definition) is 2. The minimum atomic E-state index is -0.139. The van der Waals surface area contributed by atoms with Crippen LogP contribution < -0.4 is 10.2 Å². The van der Waals surface area contributed by atoms with Crippen molar-refractivity contribution in [1.82, 2.24) is 10.3 Å². The number of rotatable bonds is 6. The van der Waals surface area contributed by atoms with E-state index in [4.69, 9.17) is 11.6 Å². The summed E-state index contributed by atoms with van der Waals surface area (Å²) >= 11 is 6.58. The molecule has 172 valence electrons. The molecule has 34 heavy (non-hydrogen) atoms. The van der Waals surface area contributed by atoms with Gasteiger partial charge in [-0.3, -0.25) is 9.59 Å². The van der Waals surface area contributed by atoms with Crippen molar-refractivity contribution < 1.29 is 9.59 Å². The number of aromatic nitrogens is 1. The van der Waals surface area contributed by atoms with Crippen molar-refractivity contribution in [3.8, 4) is 0 Å². The Hall–Kier alpha value is -3.57. The minimum Gasteiger partial charge on any atom is -0.361 e. The van der Waals surface area contributed by atoms with E-state index < -0.39 is 0 Å². The van der Waals surface area contributed by atoms with Crippen LogP contribution in [-0.2, 0) is 11.2 Å². The second-order valence-corrected chi connectivity index (χ2v) is 8.97. The summed E-state index contributed by atoms with van der Waals surface area (Å²) in [5, 5.41) is 4.90. The first-order valence-corrected chi connectivity index (χ1v) is 12.0. The van der Waals surface area contributed by atoms with E-state index in [-0.39, 0.29) is 17.7 Å². The SMILES string of the molecule is CCC(=O)N1CCc2cc(C(=O)NCC(c3ccccc3Cl)c3c[nH]c4ccccc34)ccc21. The first-order valence-electron chi connectivity index (χ1n) is 11.6. The molecule has 0 saturated carbocycles. The Morgan fingerprint density at radius 3 is 2.68 bits per heavy atom. The van der Waals surface area contributed by atoms with E-state index in [0.717, 1.165) is 39.7 Å². The zero-order valence-corrected chi connectivity index (χ0v) is 19.7. The van der Waals surface area contributed by atoms with Crippen LogP contribution in [0.15, 0.2) is 72.9 Å². The van der Waals surface area contributed by atoms with Crippen LogP contribution in [-0.4, -0.2) is 29.9 Å². The molecule has 3 aromatic carbocycles. The summed E-state index contributed by atoms with van der Waals surface area (Å²) in [4.78, 5) is 30.5. The number of halogens is 1. The van der Waals surface area contributed by atoms with Gasteiger partial charge < -0.3 is 15.2 Å². The van der Waals surface area contributed by atoms with Crippen molar-refractivity contribution in [2.24, 2.45) is 0 Å². The third-order valence-corrected chi connectivity index (χ3v) is 6.93. The molecule has 0 bridgehead atoms. The molecular formula is C28H26ClN3O2. The van der Waals surface area contributed by atoms with Crippen molar-refractivity contribution in [3.63, 3.8) is 0 Å². The monoisotopic (exact) mass is 471 g/mol. The lowest BCUT2D eigenvalue weighted by molar-refractivity contribution is -0.118. The van der Waals surface area contributed by atoms with Gasteiger partial charge in [-0.05, 0) is 53.4 Å². The fourth-order valence-corrected chi connectivity index (χ4v) is 5.08. The maximum Gasteiger partial charge on any atom is 0.251 e. The van der Waals surface area contributed by atoms with Gasteiger partial charge in [0.25, 0.3) is 5.91 Å². The largest absolute Gasteiger partial charge is 0.361 e. The van der Waals surface area contributed by atoms with E-state index in [9.17, 15) is 9.59 Å². The van der Waals surface area contributed by atoms with Crippen LogP contribution in [0.25, 0.3) is 10.9 Å². The van der Waals surface area contributed by atoms with Crippen LogP contribution >= 0.6 is 11.6 Å². The molecule has 1 aliphatic heterocycles. The first kappa shape index (κ1) is 22.2. The fourth-order valence-electron chi connectivity index (χ4n) is 4.82. The Bertz CT molecular complexity index is 1380. The first-order chi connectivity index (χ1) is 16.6. The highest BCUT2D eigenvalue weighted by Crippen LogP contribution is 2.34. The number of fused-ring (bicyclic) bond motifs is 2. The number of amides is 2. The molecule has 0 aliphatic carbocycles. The Balaban J connectivity index is 1.41. The van der Waals surface area contributed by atoms with Gasteiger partial charge in [-0.2, -0.15) is 0 Å². The summed E-state index contributed by atoms with van der Waals surface area (Å²) in [5.74, 6) is -0.141. The van der Waals surface area contributed by atoms with E-state index >= 15 is 0 Å². The molecule has 2 heterocycles. The second kappa shape index (κ2) is 9.35. The Morgan fingerprint density at radius 1 is 1.06 bits per heavy atom. The average molecular weight is 472 g/mol. The zero-order valence-electron chi connectivity index (χ0n) is 19.0. The smallest absolute Gasteiger partial charge is 0.251 e. The average Bonchev–Trinajstić information content (AvgIpc) is 3.49. The molecule has 1 aromatic heterocycles. The zero-order chi connectivity index (χ0) is 23.7. The number of anilines is 1. The molecule has 1 atom stereocenters. The van der Waals surface area contributed by atoms with Crippen LogP contribution in [0.1, 0.15) is 46.3 Å². The van der Waals surface area contributed by atoms with Gasteiger partial charge in [0.2, 0.25) is 5.91 Å². The number of benzene rings is 3. The molecule has 5 nitrogen and oxygen atoms in total. The number of nitrogens with one attached hydrogen (secondary N) is 2. The Labute approximate surface area is 203 Å². The minimum absolute atomic E-state index is 0.109. The van der Waals surface area contributed by atoms with E-state index in [1.807, 2.05) is 72.6 Å². The number of hydrogen-bond donors (Lipinski definition) is 2. The molecule has 5 rings (SSSR count). The van der Waals surface area contributed by atoms with E-state index in [0.29, 0.717) is 30.1 Å². The Kier molecular flexibility index (Phi) is 6.12. The molecule has 0 fully saturated rings. The lowest BCUT2D eigenvalue weighted by atomic mass is 9.90. The van der Waals surface area contributed by atoms with Gasteiger partial charge in [-0.1, -0.05) is 54.9 Å². The molecular weight excluding hydrogens is 446 g/mol. The lowest BCUT2D eigenvalue weighted by Gasteiger charge is -2.20. The number of para-hydroxylation sites is 1. The normalized spacial score (nSPS) is 13.6. The molecule has 4 aromatic rings. The topological polar surface area (TPSA) is 65.2 Å². The van der Waals surface area contributed by atoms with Gasteiger partial charge in [0, 0.05) is 58.8 Å². The van der Waals surface area contributed by atoms with Crippen molar-refractivity contribution in [2.45, 2.75) is 25.7 Å². The van der Waals surface area contributed by atoms with Crippen LogP contribution in [0.4, 0.5) is 5.69 Å². The molecule has 1 aliphatic rings. The Morgan fingerprint density at radius 2 is 1.85 bits per heavy atom. The van der Waals surface area contributed by atoms with Gasteiger partial charge in [0.15, 0.2) is 0 Å². The fraction of sp³-hybridized carbons (Fsp3) is 0.214. The predicted octanol–water partition coefficient (Wildman–Crippen LogP) is 5.68. The van der Waals surface area contributed by atoms with Crippen molar-refractivity contribution in [3.05, 3.63) is 100 Å². The quantitative estimate of drug-likeness (QED) is 0.380. The summed E-state index contributed by atoms with van der Waals surface area (Å²) in [7, 11) is 0. The highest BCUT2D eigenvalue weighted by molar-refractivity contribution is 6.31. The molecule has 2 N–H and O–H groups in total. The van der Waals surface area contributed by atoms with Gasteiger partial charge in [0.1, 0.15) is 0 Å². The molecule has 0 spiro atoms. The molecule has 1 unspecified atom stereocenters. The lowest BCUT2D eigenvalue weighted by Crippen LogP contribution is -2.29. The van der Waals surface area contributed by atoms with Crippen LogP contribution in [0, 0.1) is 0 Å². The number of H-pyrrole nitrogens is 1. The summed E-state index contributed by atoms with van der Waals surface area (Å²) in [6, 6.07) is 21.5. The van der Waals surface area contributed by atoms with Gasteiger partial charge >= 0.3 is 0 Å². The number of aromatic amines is 1. The standard InChI is InChI=1S/C28H26ClN3O2/c1-2-27(33)32-14-13-18-15-19(11-12-26(18)32)28(34)31-17-22(20-7-3-5-9-24(20)29)23-16-30-25-10-6-4-8-21(23)25/h3-12,15-16,22,30H,2,13-14,17H2,1H3,(H,31,34). The third kappa shape index (κ3) is 4.08. The maximum absolute atomic E-state index is 13.1. The van der Waals surface area contributed by atoms with E-state index in [1.54, 1.807) is 6.07 Å². The molecule has 0 radical (unpaired) electrons. The highest BCUT2D eigenvalue weighted by atomic mass is 35.5. The van der Waals surface area contributed by atoms with Crippen molar-refractivity contribution in [2.75, 3.05) is 18.0 Å². The maximum atomic E-state index is 13.1. The number of nitrogens with zero attached hydrogens (tertiary/aromatic N) is 1. The number of carbonyl (C=O) groups is 2. The van der Waals surface area contributed by atoms with Crippen molar-refractivity contribution in [1.29, 1.82) is 0 Å². The summed E-state index contributed by atoms with van der Waals surface area (Å²) < 4.78 is 0. The number of carbonyl (C=O) groups excluding carboxylic acids is 2. The van der Waals surface area contributed by atoms with Gasteiger partial charge in [-0.25, -0.2) is 0 Å². The third-order valence-electron chi connectivity index (χ3n) is 6.58. The van der Waals surface area contributed by atoms with Gasteiger partial charge in [-0.15, -0.1) is 0 Å². The van der Waals surface area contributed by atoms with E-state index in [2.05, 4.69) is 16.4 Å². The molecule has 2 amide bonds. The molecule has 6 heteroatoms. The van der Waals surface area contributed by atoms with Crippen LogP contribution in [0.5, 0.6) is 0 Å². The van der Waals surface area contributed by atoms with Crippen molar-refractivity contribution >= 4 is 40.0 Å². The summed E-state index contributed by atoms with van der Waals surface area (Å²) in [6.07, 6.45) is 3.23. The predicted molar refractivity (Wildman–Crippen MR) is 137 cm³/mol. The summed E-state index contributed by atoms with van der Waals surface area (Å²) in [6.45, 7) is 2.94. The summed E-state index contributed by atoms with van der Waals surface area (Å²) in [5.41, 5.74) is 5.65.